The van der Waals surface area contributed by atoms with Gasteiger partial charge in [0.05, 0.1) is 46.2 Å². The minimum Gasteiger partial charge on any atom is -0.510 e. The highest BCUT2D eigenvalue weighted by Crippen LogP contribution is 2.32. The van der Waals surface area contributed by atoms with E-state index in [1.807, 2.05) is 0 Å². The number of carbonyl (C=O) groups excluding carboxylic acids is 2. The van der Waals surface area contributed by atoms with Gasteiger partial charge in [-0.3, -0.25) is 9.59 Å². The molecule has 0 aromatic carbocycles. The van der Waals surface area contributed by atoms with E-state index in [2.05, 4.69) is 17.6 Å². The Bertz CT molecular complexity index is 1110. The van der Waals surface area contributed by atoms with Crippen LogP contribution >= 0.6 is 11.8 Å². The predicted octanol–water partition coefficient (Wildman–Crippen LogP) is 3.78. The van der Waals surface area contributed by atoms with Gasteiger partial charge < -0.3 is 69.7 Å². The largest absolute Gasteiger partial charge is 0.510 e. The Labute approximate surface area is 362 Å². The van der Waals surface area contributed by atoms with Crippen LogP contribution in [0.25, 0.3) is 0 Å². The highest BCUT2D eigenvalue weighted by molar-refractivity contribution is 7.99. The average Bonchev–Trinajstić information content (AvgIpc) is 3.24. The van der Waals surface area contributed by atoms with Crippen LogP contribution < -0.4 is 10.6 Å². The Balaban J connectivity index is 1.34. The van der Waals surface area contributed by atoms with Crippen molar-refractivity contribution >= 4 is 23.6 Å². The number of rotatable bonds is 38. The normalized spacial score (nSPS) is 24.3. The van der Waals surface area contributed by atoms with E-state index in [4.69, 9.17) is 28.4 Å². The minimum atomic E-state index is -1.53. The first-order valence-electron chi connectivity index (χ1n) is 22.7. The summed E-state index contributed by atoms with van der Waals surface area (Å²) in [6.07, 6.45) is 16.1. The van der Waals surface area contributed by atoms with E-state index in [1.165, 1.54) is 103 Å². The SMILES string of the molecule is CCCCCCCCCCCCCCCCCCCCC(=O)NCCOCCOCCOCC(=O)NCCS[C@@H]1OC(CO)C(O[C@@H]2OC(CO)C(O)=CC2O)C(O)C1O. The lowest BCUT2D eigenvalue weighted by Crippen LogP contribution is -2.60. The van der Waals surface area contributed by atoms with Crippen molar-refractivity contribution in [3.8, 4) is 0 Å². The third-order valence-corrected chi connectivity index (χ3v) is 11.7. The van der Waals surface area contributed by atoms with Gasteiger partial charge in [0.1, 0.15) is 54.4 Å². The van der Waals surface area contributed by atoms with Crippen LogP contribution in [0.2, 0.25) is 0 Å². The molecule has 0 aliphatic carbocycles. The maximum atomic E-state index is 12.1. The standard InChI is InChI=1S/C43H80N2O14S/c1-2-3-4-5-6-7-8-9-10-11-12-13-14-15-16-17-18-19-20-37(50)44-21-23-54-24-25-55-26-27-56-32-38(51)45-22-28-60-43-40(53)39(52)41(36(31-47)58-43)59-42-34(49)29-33(48)35(30-46)57-42/h29,34-36,39-43,46-49,52-53H,2-28,30-32H2,1H3,(H,44,50)(H,45,51)/t34?,35?,36?,39?,40?,41?,42-,43-/m0/s1. The predicted molar refractivity (Wildman–Crippen MR) is 229 cm³/mol. The van der Waals surface area contributed by atoms with Crippen molar-refractivity contribution in [1.82, 2.24) is 10.6 Å². The quantitative estimate of drug-likeness (QED) is 0.0413. The maximum absolute atomic E-state index is 12.1. The molecule has 352 valence electrons. The number of aliphatic hydroxyl groups is 6. The molecular weight excluding hydrogens is 801 g/mol. The van der Waals surface area contributed by atoms with Crippen LogP contribution in [-0.2, 0) is 38.0 Å². The number of thioether (sulfide) groups is 1. The fraction of sp³-hybridized carbons (Fsp3) is 0.907. The summed E-state index contributed by atoms with van der Waals surface area (Å²) in [5.41, 5.74) is -0.954. The molecule has 0 aromatic heterocycles. The van der Waals surface area contributed by atoms with Crippen molar-refractivity contribution in [2.24, 2.45) is 0 Å². The number of hydrogen-bond acceptors (Lipinski definition) is 15. The molecular formula is C43H80N2O14S. The van der Waals surface area contributed by atoms with Gasteiger partial charge in [-0.1, -0.05) is 116 Å². The summed E-state index contributed by atoms with van der Waals surface area (Å²) >= 11 is 1.12. The molecule has 0 bridgehead atoms. The van der Waals surface area contributed by atoms with Crippen LogP contribution in [0.3, 0.4) is 0 Å². The molecule has 16 nitrogen and oxygen atoms in total. The van der Waals surface area contributed by atoms with Crippen molar-refractivity contribution in [3.05, 3.63) is 11.8 Å². The molecule has 1 fully saturated rings. The Morgan fingerprint density at radius 2 is 1.20 bits per heavy atom. The molecule has 8 atom stereocenters. The zero-order chi connectivity index (χ0) is 43.6. The van der Waals surface area contributed by atoms with E-state index in [9.17, 15) is 40.2 Å². The molecule has 2 aliphatic rings. The number of hydrogen-bond donors (Lipinski definition) is 8. The number of nitrogens with one attached hydrogen (secondary N) is 2. The van der Waals surface area contributed by atoms with Gasteiger partial charge in [0, 0.05) is 25.3 Å². The first-order chi connectivity index (χ1) is 29.2. The van der Waals surface area contributed by atoms with Crippen molar-refractivity contribution < 1.29 is 68.6 Å². The Morgan fingerprint density at radius 3 is 1.77 bits per heavy atom. The van der Waals surface area contributed by atoms with E-state index in [0.717, 1.165) is 30.7 Å². The molecule has 0 radical (unpaired) electrons. The zero-order valence-corrected chi connectivity index (χ0v) is 37.1. The van der Waals surface area contributed by atoms with E-state index >= 15 is 0 Å². The molecule has 6 unspecified atom stereocenters. The van der Waals surface area contributed by atoms with E-state index in [1.54, 1.807) is 0 Å². The van der Waals surface area contributed by atoms with Crippen molar-refractivity contribution in [3.63, 3.8) is 0 Å². The molecule has 0 aromatic rings. The van der Waals surface area contributed by atoms with Gasteiger partial charge in [0.2, 0.25) is 11.8 Å². The Morgan fingerprint density at radius 1 is 0.667 bits per heavy atom. The second-order valence-corrected chi connectivity index (χ2v) is 16.9. The molecule has 2 aliphatic heterocycles. The lowest BCUT2D eigenvalue weighted by Gasteiger charge is -2.44. The summed E-state index contributed by atoms with van der Waals surface area (Å²) in [5.74, 6) is -0.349. The number of carbonyl (C=O) groups is 2. The summed E-state index contributed by atoms with van der Waals surface area (Å²) < 4.78 is 33.0. The molecule has 1 saturated heterocycles. The van der Waals surface area contributed by atoms with Crippen LogP contribution in [0, 0.1) is 0 Å². The number of ether oxygens (including phenoxy) is 6. The first kappa shape index (κ1) is 54.5. The molecule has 60 heavy (non-hydrogen) atoms. The van der Waals surface area contributed by atoms with Crippen LogP contribution in [0.1, 0.15) is 129 Å². The summed E-state index contributed by atoms with van der Waals surface area (Å²) in [6.45, 7) is 3.25. The van der Waals surface area contributed by atoms with E-state index in [-0.39, 0.29) is 43.9 Å². The molecule has 2 heterocycles. The third kappa shape index (κ3) is 24.9. The van der Waals surface area contributed by atoms with Gasteiger partial charge >= 0.3 is 0 Å². The second-order valence-electron chi connectivity index (χ2n) is 15.7. The smallest absolute Gasteiger partial charge is 0.246 e. The van der Waals surface area contributed by atoms with Crippen molar-refractivity contribution in [2.75, 3.05) is 71.7 Å². The van der Waals surface area contributed by atoms with Crippen LogP contribution in [-0.4, -0.2) is 163 Å². The summed E-state index contributed by atoms with van der Waals surface area (Å²) in [7, 11) is 0. The van der Waals surface area contributed by atoms with Gasteiger partial charge in [-0.05, 0) is 12.5 Å². The maximum Gasteiger partial charge on any atom is 0.246 e. The van der Waals surface area contributed by atoms with Crippen LogP contribution in [0.15, 0.2) is 11.8 Å². The van der Waals surface area contributed by atoms with Gasteiger partial charge in [-0.15, -0.1) is 11.8 Å². The van der Waals surface area contributed by atoms with E-state index in [0.29, 0.717) is 38.5 Å². The average molecular weight is 881 g/mol. The summed E-state index contributed by atoms with van der Waals surface area (Å²) in [6, 6.07) is 0. The number of unbranched alkanes of at least 4 members (excludes halogenated alkanes) is 17. The van der Waals surface area contributed by atoms with Gasteiger partial charge in [-0.2, -0.15) is 0 Å². The molecule has 0 spiro atoms. The zero-order valence-electron chi connectivity index (χ0n) is 36.3. The topological polar surface area (TPSA) is 235 Å². The lowest BCUT2D eigenvalue weighted by molar-refractivity contribution is -0.295. The highest BCUT2D eigenvalue weighted by atomic mass is 32.2. The fourth-order valence-electron chi connectivity index (χ4n) is 6.99. The Hall–Kier alpha value is -1.61. The van der Waals surface area contributed by atoms with Gasteiger partial charge in [0.15, 0.2) is 6.29 Å². The first-order valence-corrected chi connectivity index (χ1v) is 23.8. The van der Waals surface area contributed by atoms with Crippen LogP contribution in [0.5, 0.6) is 0 Å². The van der Waals surface area contributed by atoms with Crippen molar-refractivity contribution in [2.45, 2.75) is 177 Å². The third-order valence-electron chi connectivity index (χ3n) is 10.5. The Kier molecular flexibility index (Phi) is 32.5. The summed E-state index contributed by atoms with van der Waals surface area (Å²) in [4.78, 5) is 24.2. The molecule has 8 N–H and O–H groups in total. The van der Waals surface area contributed by atoms with Gasteiger partial charge in [0.25, 0.3) is 0 Å². The highest BCUT2D eigenvalue weighted by Gasteiger charge is 2.47. The monoisotopic (exact) mass is 881 g/mol. The van der Waals surface area contributed by atoms with Crippen LogP contribution in [0.4, 0.5) is 0 Å². The molecule has 17 heteroatoms. The minimum absolute atomic E-state index is 0.0634. The second kappa shape index (κ2) is 35.8. The number of aliphatic hydroxyl groups excluding tert-OH is 6. The fourth-order valence-corrected chi connectivity index (χ4v) is 8.03. The molecule has 2 rings (SSSR count). The van der Waals surface area contributed by atoms with E-state index < -0.39 is 61.6 Å². The molecule has 2 amide bonds. The van der Waals surface area contributed by atoms with Crippen molar-refractivity contribution in [1.29, 1.82) is 0 Å². The summed E-state index contributed by atoms with van der Waals surface area (Å²) in [5, 5.41) is 66.1. The lowest BCUT2D eigenvalue weighted by atomic mass is 10.00. The number of amides is 2. The molecule has 0 saturated carbocycles. The van der Waals surface area contributed by atoms with Gasteiger partial charge in [-0.25, -0.2) is 0 Å².